The van der Waals surface area contributed by atoms with Crippen LogP contribution in [0.2, 0.25) is 0 Å². The van der Waals surface area contributed by atoms with E-state index in [1.165, 1.54) is 12.6 Å². The van der Waals surface area contributed by atoms with E-state index in [9.17, 15) is 13.6 Å². The molecule has 10 heteroatoms. The van der Waals surface area contributed by atoms with Crippen LogP contribution < -0.4 is 10.2 Å². The summed E-state index contributed by atoms with van der Waals surface area (Å²) in [7, 11) is 3.39. The van der Waals surface area contributed by atoms with E-state index in [0.29, 0.717) is 17.4 Å². The molecule has 0 aliphatic carbocycles. The van der Waals surface area contributed by atoms with Crippen LogP contribution in [0.3, 0.4) is 0 Å². The van der Waals surface area contributed by atoms with Crippen LogP contribution in [-0.2, 0) is 7.05 Å². The first-order valence-corrected chi connectivity index (χ1v) is 12.0. The number of rotatable bonds is 6. The lowest BCUT2D eigenvalue weighted by Crippen LogP contribution is -2.20. The van der Waals surface area contributed by atoms with Gasteiger partial charge in [0.2, 0.25) is 0 Å². The number of hydrogen-bond acceptors (Lipinski definition) is 6. The highest BCUT2D eigenvalue weighted by molar-refractivity contribution is 5.91. The van der Waals surface area contributed by atoms with Crippen LogP contribution in [0.5, 0.6) is 0 Å². The number of aldehydes is 1. The molecule has 1 aliphatic rings. The standard InChI is InChI=1S/C21H20N6O.C3H7F2N.C2H6/c1-26-18(13-28)8-14-2-3-15(9-19(14)26)21-22-6-4-20(25-21)27-7-5-16(12-27)17-10-23-24-11-17;1-6-2-3(4)5;1-2/h2-4,6,8-11,13,16H,5,7,12H2,1H3,(H,23,24);3,6H,2H2,1H3;1-2H3. The van der Waals surface area contributed by atoms with Crippen molar-refractivity contribution >= 4 is 23.0 Å². The smallest absolute Gasteiger partial charge is 0.250 e. The van der Waals surface area contributed by atoms with E-state index in [-0.39, 0.29) is 6.54 Å². The molecule has 0 bridgehead atoms. The van der Waals surface area contributed by atoms with E-state index in [1.807, 2.05) is 74.4 Å². The molecule has 0 spiro atoms. The molecule has 192 valence electrons. The number of carbonyl (C=O) groups is 1. The largest absolute Gasteiger partial charge is 0.356 e. The van der Waals surface area contributed by atoms with Gasteiger partial charge in [0.25, 0.3) is 6.43 Å². The molecule has 36 heavy (non-hydrogen) atoms. The second-order valence-electron chi connectivity index (χ2n) is 8.17. The third-order valence-corrected chi connectivity index (χ3v) is 5.96. The van der Waals surface area contributed by atoms with Crippen molar-refractivity contribution in [2.45, 2.75) is 32.6 Å². The number of alkyl halides is 2. The molecule has 4 aromatic rings. The lowest BCUT2D eigenvalue weighted by atomic mass is 10.0. The summed E-state index contributed by atoms with van der Waals surface area (Å²) in [4.78, 5) is 22.8. The molecule has 8 nitrogen and oxygen atoms in total. The van der Waals surface area contributed by atoms with Crippen molar-refractivity contribution < 1.29 is 13.6 Å². The van der Waals surface area contributed by atoms with Gasteiger partial charge in [0.1, 0.15) is 5.82 Å². The third kappa shape index (κ3) is 6.31. The Bertz CT molecular complexity index is 1240. The highest BCUT2D eigenvalue weighted by atomic mass is 19.3. The third-order valence-electron chi connectivity index (χ3n) is 5.96. The van der Waals surface area contributed by atoms with Gasteiger partial charge in [-0.05, 0) is 37.2 Å². The van der Waals surface area contributed by atoms with Crippen LogP contribution in [0, 0.1) is 0 Å². The zero-order valence-corrected chi connectivity index (χ0v) is 21.1. The molecule has 1 unspecified atom stereocenters. The maximum absolute atomic E-state index is 11.2. The van der Waals surface area contributed by atoms with Gasteiger partial charge in [0.05, 0.1) is 18.4 Å². The van der Waals surface area contributed by atoms with Gasteiger partial charge in [0, 0.05) is 54.9 Å². The molecule has 0 saturated carbocycles. The Hall–Kier alpha value is -3.66. The van der Waals surface area contributed by atoms with E-state index in [2.05, 4.69) is 25.4 Å². The summed E-state index contributed by atoms with van der Waals surface area (Å²) >= 11 is 0. The molecule has 1 aromatic carbocycles. The van der Waals surface area contributed by atoms with Gasteiger partial charge >= 0.3 is 0 Å². The van der Waals surface area contributed by atoms with Gasteiger partial charge in [-0.1, -0.05) is 26.0 Å². The Morgan fingerprint density at radius 3 is 2.69 bits per heavy atom. The van der Waals surface area contributed by atoms with E-state index >= 15 is 0 Å². The van der Waals surface area contributed by atoms with E-state index < -0.39 is 6.43 Å². The topological polar surface area (TPSA) is 91.7 Å². The van der Waals surface area contributed by atoms with Crippen LogP contribution in [0.1, 0.15) is 42.2 Å². The normalized spacial score (nSPS) is 14.9. The molecule has 1 saturated heterocycles. The summed E-state index contributed by atoms with van der Waals surface area (Å²) < 4.78 is 23.8. The highest BCUT2D eigenvalue weighted by Crippen LogP contribution is 2.30. The van der Waals surface area contributed by atoms with Gasteiger partial charge in [-0.25, -0.2) is 18.7 Å². The molecular weight excluding hydrogens is 464 g/mol. The lowest BCUT2D eigenvalue weighted by molar-refractivity contribution is 0.111. The summed E-state index contributed by atoms with van der Waals surface area (Å²) in [5.74, 6) is 2.11. The molecule has 0 amide bonds. The average Bonchev–Trinajstić information content (AvgIpc) is 3.66. The number of halogens is 2. The van der Waals surface area contributed by atoms with Crippen LogP contribution >= 0.6 is 0 Å². The van der Waals surface area contributed by atoms with Crippen LogP contribution in [-0.4, -0.2) is 64.1 Å². The maximum atomic E-state index is 11.2. The van der Waals surface area contributed by atoms with Gasteiger partial charge < -0.3 is 14.8 Å². The number of carbonyl (C=O) groups excluding carboxylic acids is 1. The quantitative estimate of drug-likeness (QED) is 0.377. The molecule has 5 rings (SSSR count). The summed E-state index contributed by atoms with van der Waals surface area (Å²) in [6.45, 7) is 5.68. The van der Waals surface area contributed by atoms with Gasteiger partial charge in [-0.15, -0.1) is 0 Å². The Labute approximate surface area is 209 Å². The van der Waals surface area contributed by atoms with Crippen molar-refractivity contribution in [1.82, 2.24) is 30.0 Å². The van der Waals surface area contributed by atoms with Gasteiger partial charge in [0.15, 0.2) is 12.1 Å². The number of aromatic nitrogens is 5. The number of nitrogens with one attached hydrogen (secondary N) is 2. The lowest BCUT2D eigenvalue weighted by Gasteiger charge is -2.17. The van der Waals surface area contributed by atoms with Crippen molar-refractivity contribution in [3.8, 4) is 11.4 Å². The average molecular weight is 498 g/mol. The minimum Gasteiger partial charge on any atom is -0.356 e. The second kappa shape index (κ2) is 12.9. The minimum atomic E-state index is -2.21. The number of nitrogens with zero attached hydrogens (tertiary/aromatic N) is 5. The van der Waals surface area contributed by atoms with Crippen LogP contribution in [0.15, 0.2) is 48.9 Å². The first kappa shape index (κ1) is 26.9. The summed E-state index contributed by atoms with van der Waals surface area (Å²) in [6.07, 6.45) is 5.44. The molecular formula is C26H33F2N7O. The van der Waals surface area contributed by atoms with E-state index in [4.69, 9.17) is 4.98 Å². The zero-order valence-electron chi connectivity index (χ0n) is 21.1. The molecule has 1 aliphatic heterocycles. The zero-order chi connectivity index (χ0) is 26.1. The summed E-state index contributed by atoms with van der Waals surface area (Å²) in [6, 6.07) is 9.92. The van der Waals surface area contributed by atoms with Crippen molar-refractivity contribution in [2.24, 2.45) is 7.05 Å². The van der Waals surface area contributed by atoms with Crippen molar-refractivity contribution in [3.63, 3.8) is 0 Å². The number of aromatic amines is 1. The van der Waals surface area contributed by atoms with Crippen molar-refractivity contribution in [3.05, 3.63) is 60.2 Å². The number of benzene rings is 1. The predicted molar refractivity (Wildman–Crippen MR) is 139 cm³/mol. The summed E-state index contributed by atoms with van der Waals surface area (Å²) in [5, 5.41) is 10.3. The Morgan fingerprint density at radius 2 is 2.06 bits per heavy atom. The van der Waals surface area contributed by atoms with Crippen LogP contribution in [0.25, 0.3) is 22.3 Å². The monoisotopic (exact) mass is 497 g/mol. The molecule has 0 radical (unpaired) electrons. The van der Waals surface area contributed by atoms with E-state index in [1.54, 1.807) is 0 Å². The first-order valence-electron chi connectivity index (χ1n) is 12.0. The predicted octanol–water partition coefficient (Wildman–Crippen LogP) is 4.66. The fourth-order valence-electron chi connectivity index (χ4n) is 4.15. The van der Waals surface area contributed by atoms with E-state index in [0.717, 1.165) is 48.1 Å². The van der Waals surface area contributed by atoms with Crippen molar-refractivity contribution in [2.75, 3.05) is 31.6 Å². The first-order chi connectivity index (χ1) is 17.5. The minimum absolute atomic E-state index is 0.208. The maximum Gasteiger partial charge on any atom is 0.250 e. The Kier molecular flexibility index (Phi) is 9.63. The number of anilines is 1. The number of fused-ring (bicyclic) bond motifs is 1. The molecule has 4 heterocycles. The summed E-state index contributed by atoms with van der Waals surface area (Å²) in [5.41, 5.74) is 3.84. The molecule has 2 N–H and O–H groups in total. The number of aryl methyl sites for hydroxylation is 1. The molecule has 1 fully saturated rings. The fraction of sp³-hybridized carbons (Fsp3) is 0.385. The Balaban J connectivity index is 0.000000399. The Morgan fingerprint density at radius 1 is 1.25 bits per heavy atom. The fourth-order valence-corrected chi connectivity index (χ4v) is 4.15. The second-order valence-corrected chi connectivity index (χ2v) is 8.17. The highest BCUT2D eigenvalue weighted by Gasteiger charge is 2.25. The van der Waals surface area contributed by atoms with Crippen LogP contribution in [0.4, 0.5) is 14.6 Å². The SMILES string of the molecule is CC.CNCC(F)F.Cn1c(C=O)cc2ccc(-c3nccc(N4CCC(c5cn[nH]c5)C4)n3)cc21. The van der Waals surface area contributed by atoms with Gasteiger partial charge in [-0.3, -0.25) is 9.89 Å². The molecule has 3 aromatic heterocycles. The van der Waals surface area contributed by atoms with Crippen molar-refractivity contribution in [1.29, 1.82) is 0 Å². The number of H-pyrrole nitrogens is 1. The number of hydrogen-bond donors (Lipinski definition) is 2. The molecule has 1 atom stereocenters. The van der Waals surface area contributed by atoms with Gasteiger partial charge in [-0.2, -0.15) is 5.10 Å².